The highest BCUT2D eigenvalue weighted by Crippen LogP contribution is 2.27. The zero-order chi connectivity index (χ0) is 14.2. The molecule has 0 spiro atoms. The lowest BCUT2D eigenvalue weighted by molar-refractivity contribution is -0.122. The number of benzene rings is 1. The summed E-state index contributed by atoms with van der Waals surface area (Å²) in [5.74, 6) is 0.767. The Kier molecular flexibility index (Phi) is 3.15. The van der Waals surface area contributed by atoms with Gasteiger partial charge in [-0.1, -0.05) is 6.07 Å². The molecule has 0 radical (unpaired) electrons. The first-order valence-electron chi connectivity index (χ1n) is 7.62. The van der Waals surface area contributed by atoms with E-state index < -0.39 is 0 Å². The minimum absolute atomic E-state index is 0.104. The van der Waals surface area contributed by atoms with Gasteiger partial charge in [-0.15, -0.1) is 0 Å². The number of hydrogen-bond donors (Lipinski definition) is 1. The van der Waals surface area contributed by atoms with E-state index in [9.17, 15) is 4.79 Å². The number of nitrogens with one attached hydrogen (secondary N) is 1. The monoisotopic (exact) mass is 285 g/mol. The fraction of sp³-hybridized carbons (Fsp3) is 0.500. The Balaban J connectivity index is 1.41. The molecule has 1 aromatic heterocycles. The van der Waals surface area contributed by atoms with Crippen molar-refractivity contribution < 1.29 is 9.21 Å². The third-order valence-corrected chi connectivity index (χ3v) is 4.76. The third-order valence-electron chi connectivity index (χ3n) is 4.76. The summed E-state index contributed by atoms with van der Waals surface area (Å²) in [6, 6.07) is 6.07. The fourth-order valence-electron chi connectivity index (χ4n) is 3.58. The van der Waals surface area contributed by atoms with E-state index in [0.29, 0.717) is 18.4 Å². The Labute approximate surface area is 123 Å². The Hall–Kier alpha value is -1.88. The maximum Gasteiger partial charge on any atom is 0.224 e. The summed E-state index contributed by atoms with van der Waals surface area (Å²) >= 11 is 0. The highest BCUT2D eigenvalue weighted by atomic mass is 16.3. The van der Waals surface area contributed by atoms with E-state index in [1.807, 2.05) is 18.2 Å². The number of nitrogens with zero attached hydrogens (tertiary/aromatic N) is 2. The first kappa shape index (κ1) is 12.8. The van der Waals surface area contributed by atoms with Crippen molar-refractivity contribution in [2.24, 2.45) is 5.92 Å². The molecule has 5 nitrogen and oxygen atoms in total. The molecule has 3 fully saturated rings. The van der Waals surface area contributed by atoms with Crippen LogP contribution < -0.4 is 5.32 Å². The van der Waals surface area contributed by atoms with Gasteiger partial charge in [0.1, 0.15) is 5.52 Å². The predicted octanol–water partition coefficient (Wildman–Crippen LogP) is 1.58. The topological polar surface area (TPSA) is 58.4 Å². The summed E-state index contributed by atoms with van der Waals surface area (Å²) in [5, 5.41) is 3.21. The van der Waals surface area contributed by atoms with Crippen LogP contribution in [0.5, 0.6) is 0 Å². The Bertz CT molecular complexity index is 658. The van der Waals surface area contributed by atoms with Crippen molar-refractivity contribution in [1.82, 2.24) is 15.2 Å². The molecule has 3 aliphatic rings. The first-order chi connectivity index (χ1) is 10.3. The first-order valence-corrected chi connectivity index (χ1v) is 7.62. The summed E-state index contributed by atoms with van der Waals surface area (Å²) < 4.78 is 5.28. The molecule has 1 atom stereocenters. The van der Waals surface area contributed by atoms with Crippen LogP contribution in [-0.4, -0.2) is 41.5 Å². The SMILES string of the molecule is O=C(Cc1ccc2ncoc2c1)N[C@@H]1CN2CCC1CC2. The largest absolute Gasteiger partial charge is 0.443 e. The lowest BCUT2D eigenvalue weighted by Gasteiger charge is -2.44. The number of oxazole rings is 1. The number of aromatic nitrogens is 1. The van der Waals surface area contributed by atoms with Gasteiger partial charge in [0.25, 0.3) is 0 Å². The van der Waals surface area contributed by atoms with Crippen LogP contribution in [-0.2, 0) is 11.2 Å². The van der Waals surface area contributed by atoms with E-state index in [2.05, 4.69) is 15.2 Å². The van der Waals surface area contributed by atoms with Gasteiger partial charge in [-0.3, -0.25) is 4.79 Å². The molecule has 5 heteroatoms. The van der Waals surface area contributed by atoms with Crippen LogP contribution in [0.4, 0.5) is 0 Å². The average molecular weight is 285 g/mol. The smallest absolute Gasteiger partial charge is 0.224 e. The van der Waals surface area contributed by atoms with Gasteiger partial charge in [0.15, 0.2) is 12.0 Å². The molecule has 1 amide bonds. The van der Waals surface area contributed by atoms with Crippen molar-refractivity contribution in [2.75, 3.05) is 19.6 Å². The van der Waals surface area contributed by atoms with Crippen molar-refractivity contribution in [1.29, 1.82) is 0 Å². The predicted molar refractivity (Wildman–Crippen MR) is 78.8 cm³/mol. The highest BCUT2D eigenvalue weighted by Gasteiger charge is 2.34. The van der Waals surface area contributed by atoms with Crippen molar-refractivity contribution in [2.45, 2.75) is 25.3 Å². The van der Waals surface area contributed by atoms with Gasteiger partial charge < -0.3 is 14.6 Å². The number of amides is 1. The summed E-state index contributed by atoms with van der Waals surface area (Å²) in [5.41, 5.74) is 2.54. The molecule has 0 unspecified atom stereocenters. The second-order valence-corrected chi connectivity index (χ2v) is 6.14. The molecular weight excluding hydrogens is 266 g/mol. The highest BCUT2D eigenvalue weighted by molar-refractivity contribution is 5.81. The van der Waals surface area contributed by atoms with Crippen LogP contribution in [0, 0.1) is 5.92 Å². The summed E-state index contributed by atoms with van der Waals surface area (Å²) in [4.78, 5) is 18.8. The molecule has 2 bridgehead atoms. The molecule has 21 heavy (non-hydrogen) atoms. The van der Waals surface area contributed by atoms with Gasteiger partial charge in [-0.25, -0.2) is 4.98 Å². The third kappa shape index (κ3) is 2.53. The standard InChI is InChI=1S/C16H19N3O2/c20-16(18-14-9-19-5-3-12(14)4-6-19)8-11-1-2-13-15(7-11)21-10-17-13/h1-2,7,10,12,14H,3-6,8-9H2,(H,18,20)/t14-/m1/s1. The van der Waals surface area contributed by atoms with Crippen LogP contribution in [0.2, 0.25) is 0 Å². The summed E-state index contributed by atoms with van der Waals surface area (Å²) in [7, 11) is 0. The van der Waals surface area contributed by atoms with Gasteiger partial charge in [0.05, 0.1) is 6.42 Å². The minimum atomic E-state index is 0.104. The minimum Gasteiger partial charge on any atom is -0.443 e. The molecular formula is C16H19N3O2. The fourth-order valence-corrected chi connectivity index (χ4v) is 3.58. The molecule has 5 rings (SSSR count). The molecule has 3 aliphatic heterocycles. The number of hydrogen-bond acceptors (Lipinski definition) is 4. The lowest BCUT2D eigenvalue weighted by Crippen LogP contribution is -2.57. The van der Waals surface area contributed by atoms with E-state index in [-0.39, 0.29) is 5.91 Å². The van der Waals surface area contributed by atoms with E-state index in [1.165, 1.54) is 32.3 Å². The van der Waals surface area contributed by atoms with Crippen LogP contribution in [0.15, 0.2) is 29.0 Å². The molecule has 0 aliphatic carbocycles. The van der Waals surface area contributed by atoms with E-state index in [4.69, 9.17) is 4.42 Å². The van der Waals surface area contributed by atoms with Gasteiger partial charge in [0, 0.05) is 12.6 Å². The maximum atomic E-state index is 12.3. The maximum absolute atomic E-state index is 12.3. The second-order valence-electron chi connectivity index (χ2n) is 6.14. The Morgan fingerprint density at radius 1 is 1.38 bits per heavy atom. The molecule has 0 saturated carbocycles. The average Bonchev–Trinajstić information content (AvgIpc) is 2.96. The van der Waals surface area contributed by atoms with Gasteiger partial charge in [-0.2, -0.15) is 0 Å². The van der Waals surface area contributed by atoms with Gasteiger partial charge in [-0.05, 0) is 49.5 Å². The van der Waals surface area contributed by atoms with E-state index in [0.717, 1.165) is 23.2 Å². The zero-order valence-corrected chi connectivity index (χ0v) is 11.9. The van der Waals surface area contributed by atoms with Crippen LogP contribution in [0.1, 0.15) is 18.4 Å². The van der Waals surface area contributed by atoms with Gasteiger partial charge in [0.2, 0.25) is 5.91 Å². The quantitative estimate of drug-likeness (QED) is 0.930. The number of carbonyl (C=O) groups is 1. The molecule has 4 heterocycles. The Morgan fingerprint density at radius 2 is 2.24 bits per heavy atom. The van der Waals surface area contributed by atoms with Crippen molar-refractivity contribution in [3.05, 3.63) is 30.2 Å². The Morgan fingerprint density at radius 3 is 3.00 bits per heavy atom. The van der Waals surface area contributed by atoms with Crippen molar-refractivity contribution in [3.8, 4) is 0 Å². The van der Waals surface area contributed by atoms with Crippen molar-refractivity contribution >= 4 is 17.0 Å². The zero-order valence-electron chi connectivity index (χ0n) is 11.9. The van der Waals surface area contributed by atoms with Crippen LogP contribution in [0.3, 0.4) is 0 Å². The number of piperidine rings is 3. The summed E-state index contributed by atoms with van der Waals surface area (Å²) in [6.45, 7) is 3.40. The summed E-state index contributed by atoms with van der Waals surface area (Å²) in [6.07, 6.45) is 4.27. The number of rotatable bonds is 3. The normalized spacial score (nSPS) is 27.9. The molecule has 1 N–H and O–H groups in total. The van der Waals surface area contributed by atoms with E-state index in [1.54, 1.807) is 0 Å². The molecule has 110 valence electrons. The van der Waals surface area contributed by atoms with Gasteiger partial charge >= 0.3 is 0 Å². The number of fused-ring (bicyclic) bond motifs is 4. The molecule has 2 aromatic rings. The molecule has 1 aromatic carbocycles. The molecule has 3 saturated heterocycles. The second kappa shape index (κ2) is 5.15. The number of carbonyl (C=O) groups excluding carboxylic acids is 1. The lowest BCUT2D eigenvalue weighted by atomic mass is 9.84. The van der Waals surface area contributed by atoms with Crippen LogP contribution >= 0.6 is 0 Å². The van der Waals surface area contributed by atoms with E-state index >= 15 is 0 Å². The van der Waals surface area contributed by atoms with Crippen LogP contribution in [0.25, 0.3) is 11.1 Å². The van der Waals surface area contributed by atoms with Crippen molar-refractivity contribution in [3.63, 3.8) is 0 Å².